The smallest absolute Gasteiger partial charge is 0.295 e. The lowest BCUT2D eigenvalue weighted by molar-refractivity contribution is -0.125. The summed E-state index contributed by atoms with van der Waals surface area (Å²) in [5, 5.41) is 13.3. The van der Waals surface area contributed by atoms with Gasteiger partial charge in [-0.3, -0.25) is 19.6 Å². The molecule has 2 fully saturated rings. The minimum Gasteiger partial charge on any atom is -0.357 e. The lowest BCUT2D eigenvalue weighted by Crippen LogP contribution is -2.38. The van der Waals surface area contributed by atoms with Crippen molar-refractivity contribution in [1.82, 2.24) is 35.1 Å². The highest BCUT2D eigenvalue weighted by atomic mass is 19.1. The molecule has 1 atom stereocenters. The van der Waals surface area contributed by atoms with Crippen molar-refractivity contribution >= 4 is 41.1 Å². The molecule has 6 rings (SSSR count). The Hall–Kier alpha value is -4.98. The van der Waals surface area contributed by atoms with Crippen LogP contribution in [-0.4, -0.2) is 79.7 Å². The Bertz CT molecular complexity index is 1630. The second-order valence-electron chi connectivity index (χ2n) is 9.97. The van der Waals surface area contributed by atoms with Crippen molar-refractivity contribution in [1.29, 1.82) is 0 Å². The number of aromatic nitrogens is 6. The standard InChI is InChI=1S/C26H26FN11O2/c1-29-9-12-37(28)23-21-20(19(27)14-31-23)18(13-30-21)22(39)24(40)35-10-7-26(15-35)8-11-36(16-26)25-32-33-34-38(25)17-5-3-2-4-6-17/h2-6,9,12-14,30H,1,7-8,10-11,15-16,28H2/b12-9-. The number of carbonyl (C=O) groups excluding carboxylic acids is 2. The van der Waals surface area contributed by atoms with Gasteiger partial charge < -0.3 is 14.8 Å². The number of nitrogens with two attached hydrogens (primary N) is 1. The number of aliphatic imine (C=N–C) groups is 1. The van der Waals surface area contributed by atoms with Crippen molar-refractivity contribution in [2.24, 2.45) is 16.3 Å². The Labute approximate surface area is 227 Å². The monoisotopic (exact) mass is 543 g/mol. The van der Waals surface area contributed by atoms with Crippen LogP contribution in [0, 0.1) is 11.2 Å². The number of aromatic amines is 1. The summed E-state index contributed by atoms with van der Waals surface area (Å²) in [4.78, 5) is 40.8. The Morgan fingerprint density at radius 1 is 1.20 bits per heavy atom. The molecular formula is C26H26FN11O2. The number of hydrogen-bond donors (Lipinski definition) is 2. The van der Waals surface area contributed by atoms with Gasteiger partial charge in [0.15, 0.2) is 11.6 Å². The number of hydrazine groups is 1. The fraction of sp³-hybridized carbons (Fsp3) is 0.269. The molecule has 14 heteroatoms. The van der Waals surface area contributed by atoms with E-state index in [1.54, 1.807) is 9.58 Å². The number of nitrogens with one attached hydrogen (secondary N) is 1. The highest BCUT2D eigenvalue weighted by Gasteiger charge is 2.47. The number of para-hydroxylation sites is 1. The maximum absolute atomic E-state index is 14.9. The van der Waals surface area contributed by atoms with Crippen molar-refractivity contribution in [3.8, 4) is 5.69 Å². The van der Waals surface area contributed by atoms with Crippen LogP contribution in [0.5, 0.6) is 0 Å². The van der Waals surface area contributed by atoms with Gasteiger partial charge in [-0.25, -0.2) is 15.2 Å². The Kier molecular flexibility index (Phi) is 6.30. The quantitative estimate of drug-likeness (QED) is 0.117. The number of H-pyrrole nitrogens is 1. The van der Waals surface area contributed by atoms with E-state index >= 15 is 0 Å². The molecule has 1 amide bonds. The first-order chi connectivity index (χ1) is 19.4. The number of Topliss-reactive ketones (excluding diaryl/α,β-unsaturated/α-hetero) is 1. The maximum atomic E-state index is 14.9. The third-order valence-corrected chi connectivity index (χ3v) is 7.56. The predicted molar refractivity (Wildman–Crippen MR) is 145 cm³/mol. The number of amides is 1. The van der Waals surface area contributed by atoms with E-state index in [0.717, 1.165) is 36.3 Å². The molecule has 4 aromatic rings. The van der Waals surface area contributed by atoms with E-state index in [1.165, 1.54) is 18.6 Å². The van der Waals surface area contributed by atoms with Crippen LogP contribution in [-0.2, 0) is 4.79 Å². The summed E-state index contributed by atoms with van der Waals surface area (Å²) < 4.78 is 16.6. The maximum Gasteiger partial charge on any atom is 0.295 e. The Morgan fingerprint density at radius 3 is 2.80 bits per heavy atom. The zero-order valence-corrected chi connectivity index (χ0v) is 21.4. The molecule has 3 N–H and O–H groups in total. The first-order valence-electron chi connectivity index (χ1n) is 12.7. The average Bonchev–Trinajstić information content (AvgIpc) is 3.78. The average molecular weight is 544 g/mol. The molecule has 3 aromatic heterocycles. The normalized spacial score (nSPS) is 18.9. The number of fused-ring (bicyclic) bond motifs is 1. The van der Waals surface area contributed by atoms with Gasteiger partial charge in [0, 0.05) is 50.2 Å². The van der Waals surface area contributed by atoms with Gasteiger partial charge in [-0.15, -0.1) is 0 Å². The van der Waals surface area contributed by atoms with E-state index in [4.69, 9.17) is 5.84 Å². The summed E-state index contributed by atoms with van der Waals surface area (Å²) in [5.41, 5.74) is 0.773. The molecular weight excluding hydrogens is 517 g/mol. The summed E-state index contributed by atoms with van der Waals surface area (Å²) >= 11 is 0. The predicted octanol–water partition coefficient (Wildman–Crippen LogP) is 1.84. The van der Waals surface area contributed by atoms with Crippen LogP contribution in [0.25, 0.3) is 16.6 Å². The molecule has 2 saturated heterocycles. The van der Waals surface area contributed by atoms with E-state index in [2.05, 4.69) is 42.1 Å². The van der Waals surface area contributed by atoms with Gasteiger partial charge in [0.25, 0.3) is 11.7 Å². The van der Waals surface area contributed by atoms with E-state index in [-0.39, 0.29) is 27.7 Å². The van der Waals surface area contributed by atoms with Crippen LogP contribution < -0.4 is 15.8 Å². The van der Waals surface area contributed by atoms with E-state index in [0.29, 0.717) is 25.6 Å². The number of ketones is 1. The summed E-state index contributed by atoms with van der Waals surface area (Å²) in [6.07, 6.45) is 6.55. The molecule has 0 saturated carbocycles. The van der Waals surface area contributed by atoms with Crippen LogP contribution in [0.1, 0.15) is 23.2 Å². The fourth-order valence-electron chi connectivity index (χ4n) is 5.58. The van der Waals surface area contributed by atoms with Gasteiger partial charge in [0.1, 0.15) is 0 Å². The van der Waals surface area contributed by atoms with Gasteiger partial charge in [-0.1, -0.05) is 23.3 Å². The summed E-state index contributed by atoms with van der Waals surface area (Å²) in [6.45, 7) is 5.55. The fourth-order valence-corrected chi connectivity index (χ4v) is 5.58. The van der Waals surface area contributed by atoms with Crippen LogP contribution >= 0.6 is 0 Å². The second kappa shape index (κ2) is 9.96. The highest BCUT2D eigenvalue weighted by Crippen LogP contribution is 2.41. The van der Waals surface area contributed by atoms with Crippen molar-refractivity contribution in [2.75, 3.05) is 36.1 Å². The van der Waals surface area contributed by atoms with Crippen molar-refractivity contribution in [2.45, 2.75) is 12.8 Å². The van der Waals surface area contributed by atoms with E-state index in [9.17, 15) is 14.0 Å². The number of nitrogens with zero attached hydrogens (tertiary/aromatic N) is 9. The molecule has 0 radical (unpaired) electrons. The largest absolute Gasteiger partial charge is 0.357 e. The molecule has 1 spiro atoms. The van der Waals surface area contributed by atoms with Crippen LogP contribution in [0.15, 0.2) is 60.1 Å². The number of rotatable bonds is 7. The molecule has 2 aliphatic heterocycles. The van der Waals surface area contributed by atoms with Gasteiger partial charge in [0.05, 0.1) is 28.4 Å². The molecule has 40 heavy (non-hydrogen) atoms. The number of carbonyl (C=O) groups is 2. The molecule has 0 aliphatic carbocycles. The molecule has 204 valence electrons. The lowest BCUT2D eigenvalue weighted by atomic mass is 9.86. The molecule has 2 aliphatic rings. The number of hydrogen-bond acceptors (Lipinski definition) is 10. The second-order valence-corrected chi connectivity index (χ2v) is 9.97. The topological polar surface area (TPSA) is 155 Å². The van der Waals surface area contributed by atoms with Crippen LogP contribution in [0.3, 0.4) is 0 Å². The number of benzene rings is 1. The number of likely N-dealkylation sites (tertiary alicyclic amines) is 1. The zero-order valence-electron chi connectivity index (χ0n) is 21.4. The number of halogens is 1. The van der Waals surface area contributed by atoms with E-state index < -0.39 is 17.5 Å². The van der Waals surface area contributed by atoms with Crippen molar-refractivity contribution in [3.63, 3.8) is 0 Å². The minimum atomic E-state index is -0.797. The van der Waals surface area contributed by atoms with Gasteiger partial charge in [-0.2, -0.15) is 4.68 Å². The third kappa shape index (κ3) is 4.27. The SMILES string of the molecule is C=N/C=C\N(N)c1ncc(F)c2c(C(=O)C(=O)N3CCC4(CCN(c5nnnn5-c5ccccc5)C4)C3)c[nH]c12. The van der Waals surface area contributed by atoms with E-state index in [1.807, 2.05) is 30.3 Å². The third-order valence-electron chi connectivity index (χ3n) is 7.56. The Balaban J connectivity index is 1.19. The number of anilines is 2. The molecule has 1 aromatic carbocycles. The molecule has 0 bridgehead atoms. The van der Waals surface area contributed by atoms with Crippen LogP contribution in [0.4, 0.5) is 16.2 Å². The summed E-state index contributed by atoms with van der Waals surface area (Å²) in [5.74, 6) is 4.55. The number of pyridine rings is 1. The van der Waals surface area contributed by atoms with Crippen molar-refractivity contribution < 1.29 is 14.0 Å². The van der Waals surface area contributed by atoms with Gasteiger partial charge >= 0.3 is 0 Å². The van der Waals surface area contributed by atoms with Crippen LogP contribution in [0.2, 0.25) is 0 Å². The highest BCUT2D eigenvalue weighted by molar-refractivity contribution is 6.45. The van der Waals surface area contributed by atoms with Gasteiger partial charge in [-0.05, 0) is 42.1 Å². The first kappa shape index (κ1) is 25.3. The van der Waals surface area contributed by atoms with Crippen molar-refractivity contribution in [3.05, 3.63) is 66.5 Å². The molecule has 1 unspecified atom stereocenters. The molecule has 13 nitrogen and oxygen atoms in total. The van der Waals surface area contributed by atoms with Gasteiger partial charge in [0.2, 0.25) is 5.95 Å². The lowest BCUT2D eigenvalue weighted by Gasteiger charge is -2.24. The Morgan fingerprint density at radius 2 is 2.00 bits per heavy atom. The first-order valence-corrected chi connectivity index (χ1v) is 12.7. The summed E-state index contributed by atoms with van der Waals surface area (Å²) in [6, 6.07) is 9.63. The zero-order chi connectivity index (χ0) is 27.9. The minimum absolute atomic E-state index is 0.0486. The molecule has 5 heterocycles. The summed E-state index contributed by atoms with van der Waals surface area (Å²) in [7, 11) is 0. The number of tetrazole rings is 1.